The van der Waals surface area contributed by atoms with E-state index in [1.165, 1.54) is 19.4 Å². The number of anilines is 1. The van der Waals surface area contributed by atoms with Crippen LogP contribution in [0.4, 0.5) is 5.69 Å². The molecule has 3 rings (SSSR count). The zero-order chi connectivity index (χ0) is 16.9. The van der Waals surface area contributed by atoms with Gasteiger partial charge in [0.15, 0.2) is 0 Å². The average molecular weight is 370 g/mol. The van der Waals surface area contributed by atoms with E-state index in [0.29, 0.717) is 15.7 Å². The van der Waals surface area contributed by atoms with E-state index in [4.69, 9.17) is 23.2 Å². The molecular weight excluding hydrogens is 345 g/mol. The summed E-state index contributed by atoms with van der Waals surface area (Å²) in [6.07, 6.45) is 4.41. The Bertz CT molecular complexity index is 567. The highest BCUT2D eigenvalue weighted by Crippen LogP contribution is 2.26. The molecule has 0 radical (unpaired) electrons. The van der Waals surface area contributed by atoms with Gasteiger partial charge in [-0.15, -0.1) is 0 Å². The molecule has 0 saturated carbocycles. The zero-order valence-electron chi connectivity index (χ0n) is 13.9. The normalized spacial score (nSPS) is 20.9. The van der Waals surface area contributed by atoms with Crippen LogP contribution in [0.2, 0.25) is 10.0 Å². The van der Waals surface area contributed by atoms with Crippen molar-refractivity contribution in [2.75, 3.05) is 38.0 Å². The van der Waals surface area contributed by atoms with Crippen LogP contribution in [0.1, 0.15) is 25.7 Å². The second kappa shape index (κ2) is 8.52. The fourth-order valence-corrected chi connectivity index (χ4v) is 3.92. The van der Waals surface area contributed by atoms with Crippen LogP contribution in [0, 0.1) is 11.8 Å². The number of carbonyl (C=O) groups excluding carboxylic acids is 1. The van der Waals surface area contributed by atoms with Gasteiger partial charge in [0.1, 0.15) is 0 Å². The van der Waals surface area contributed by atoms with Crippen molar-refractivity contribution in [3.63, 3.8) is 0 Å². The fraction of sp³-hybridized carbons (Fsp3) is 0.611. The van der Waals surface area contributed by atoms with Crippen molar-refractivity contribution < 1.29 is 4.79 Å². The molecule has 6 heteroatoms. The van der Waals surface area contributed by atoms with Crippen molar-refractivity contribution in [1.82, 2.24) is 10.2 Å². The summed E-state index contributed by atoms with van der Waals surface area (Å²) in [6, 6.07) is 5.20. The van der Waals surface area contributed by atoms with Gasteiger partial charge in [-0.25, -0.2) is 0 Å². The molecule has 0 spiro atoms. The van der Waals surface area contributed by atoms with Gasteiger partial charge in [-0.1, -0.05) is 23.2 Å². The summed E-state index contributed by atoms with van der Waals surface area (Å²) in [5.41, 5.74) is 0.714. The predicted octanol–water partition coefficient (Wildman–Crippen LogP) is 3.64. The summed E-state index contributed by atoms with van der Waals surface area (Å²) < 4.78 is 0. The third-order valence-corrected chi connectivity index (χ3v) is 5.86. The van der Waals surface area contributed by atoms with Crippen LogP contribution >= 0.6 is 23.2 Å². The Morgan fingerprint density at radius 2 is 1.83 bits per heavy atom. The van der Waals surface area contributed by atoms with Crippen LogP contribution in [0.3, 0.4) is 0 Å². The number of carbonyl (C=O) groups is 1. The second-order valence-electron chi connectivity index (χ2n) is 6.89. The first-order chi connectivity index (χ1) is 11.6. The summed E-state index contributed by atoms with van der Waals surface area (Å²) in [7, 11) is 0. The molecule has 0 atom stereocenters. The van der Waals surface area contributed by atoms with Crippen molar-refractivity contribution >= 4 is 34.8 Å². The molecule has 2 N–H and O–H groups in total. The Kier molecular flexibility index (Phi) is 6.39. The number of amides is 1. The highest BCUT2D eigenvalue weighted by molar-refractivity contribution is 6.42. The quantitative estimate of drug-likeness (QED) is 0.851. The lowest BCUT2D eigenvalue weighted by Gasteiger charge is -2.35. The van der Waals surface area contributed by atoms with Crippen molar-refractivity contribution in [3.8, 4) is 0 Å². The van der Waals surface area contributed by atoms with Gasteiger partial charge in [-0.2, -0.15) is 0 Å². The second-order valence-corrected chi connectivity index (χ2v) is 7.70. The van der Waals surface area contributed by atoms with E-state index in [1.54, 1.807) is 18.2 Å². The van der Waals surface area contributed by atoms with Crippen LogP contribution in [0.5, 0.6) is 0 Å². The molecule has 0 bridgehead atoms. The summed E-state index contributed by atoms with van der Waals surface area (Å²) >= 11 is 11.9. The van der Waals surface area contributed by atoms with E-state index in [1.807, 2.05) is 0 Å². The lowest BCUT2D eigenvalue weighted by molar-refractivity contribution is -0.121. The van der Waals surface area contributed by atoms with Gasteiger partial charge >= 0.3 is 0 Å². The standard InChI is InChI=1S/C18H25Cl2N3O/c19-16-2-1-15(11-17(16)20)22-18(24)14-5-9-23(10-6-14)12-13-3-7-21-8-4-13/h1-2,11,13-14,21H,3-10,12H2,(H,22,24). The Morgan fingerprint density at radius 3 is 2.50 bits per heavy atom. The lowest BCUT2D eigenvalue weighted by Crippen LogP contribution is -2.42. The third kappa shape index (κ3) is 4.85. The van der Waals surface area contributed by atoms with E-state index in [2.05, 4.69) is 15.5 Å². The first-order valence-corrected chi connectivity index (χ1v) is 9.56. The van der Waals surface area contributed by atoms with Gasteiger partial charge in [0.25, 0.3) is 0 Å². The summed E-state index contributed by atoms with van der Waals surface area (Å²) in [4.78, 5) is 15.0. The van der Waals surface area contributed by atoms with Crippen LogP contribution in [0.15, 0.2) is 18.2 Å². The summed E-state index contributed by atoms with van der Waals surface area (Å²) in [5.74, 6) is 0.992. The largest absolute Gasteiger partial charge is 0.326 e. The maximum Gasteiger partial charge on any atom is 0.227 e. The molecule has 132 valence electrons. The minimum absolute atomic E-state index is 0.0868. The molecule has 4 nitrogen and oxygen atoms in total. The Morgan fingerprint density at radius 1 is 1.12 bits per heavy atom. The minimum Gasteiger partial charge on any atom is -0.326 e. The number of likely N-dealkylation sites (tertiary alicyclic amines) is 1. The number of benzene rings is 1. The third-order valence-electron chi connectivity index (χ3n) is 5.12. The van der Waals surface area contributed by atoms with Gasteiger partial charge in [-0.05, 0) is 76.0 Å². The maximum absolute atomic E-state index is 12.4. The highest BCUT2D eigenvalue weighted by Gasteiger charge is 2.26. The summed E-state index contributed by atoms with van der Waals surface area (Å²) in [5, 5.41) is 7.35. The molecule has 2 fully saturated rings. The minimum atomic E-state index is 0.0868. The SMILES string of the molecule is O=C(Nc1ccc(Cl)c(Cl)c1)C1CCN(CC2CCNCC2)CC1. The Hall–Kier alpha value is -0.810. The molecular formula is C18H25Cl2N3O. The Balaban J connectivity index is 1.45. The van der Waals surface area contributed by atoms with Crippen LogP contribution in [0.25, 0.3) is 0 Å². The van der Waals surface area contributed by atoms with E-state index >= 15 is 0 Å². The van der Waals surface area contributed by atoms with E-state index < -0.39 is 0 Å². The molecule has 0 aliphatic carbocycles. The number of hydrogen-bond donors (Lipinski definition) is 2. The van der Waals surface area contributed by atoms with Crippen molar-refractivity contribution in [2.45, 2.75) is 25.7 Å². The number of rotatable bonds is 4. The molecule has 2 heterocycles. The van der Waals surface area contributed by atoms with Crippen molar-refractivity contribution in [2.24, 2.45) is 11.8 Å². The fourth-order valence-electron chi connectivity index (χ4n) is 3.63. The van der Waals surface area contributed by atoms with Gasteiger partial charge in [0.05, 0.1) is 10.0 Å². The van der Waals surface area contributed by atoms with Gasteiger partial charge in [-0.3, -0.25) is 4.79 Å². The zero-order valence-corrected chi connectivity index (χ0v) is 15.4. The van der Waals surface area contributed by atoms with Crippen LogP contribution < -0.4 is 10.6 Å². The monoisotopic (exact) mass is 369 g/mol. The Labute approximate surface area is 153 Å². The van der Waals surface area contributed by atoms with Gasteiger partial charge < -0.3 is 15.5 Å². The molecule has 1 aromatic rings. The van der Waals surface area contributed by atoms with Gasteiger partial charge in [0.2, 0.25) is 5.91 Å². The smallest absolute Gasteiger partial charge is 0.227 e. The first kappa shape index (κ1) is 18.0. The topological polar surface area (TPSA) is 44.4 Å². The number of hydrogen-bond acceptors (Lipinski definition) is 3. The van der Waals surface area contributed by atoms with E-state index in [9.17, 15) is 4.79 Å². The van der Waals surface area contributed by atoms with Crippen molar-refractivity contribution in [3.05, 3.63) is 28.2 Å². The molecule has 2 aliphatic heterocycles. The number of piperidine rings is 2. The predicted molar refractivity (Wildman–Crippen MR) is 99.8 cm³/mol. The number of nitrogens with zero attached hydrogens (tertiary/aromatic N) is 1. The lowest BCUT2D eigenvalue weighted by atomic mass is 9.93. The summed E-state index contributed by atoms with van der Waals surface area (Å²) in [6.45, 7) is 5.51. The molecule has 1 aromatic carbocycles. The van der Waals surface area contributed by atoms with Crippen LogP contribution in [-0.4, -0.2) is 43.5 Å². The molecule has 2 aliphatic rings. The molecule has 1 amide bonds. The highest BCUT2D eigenvalue weighted by atomic mass is 35.5. The molecule has 24 heavy (non-hydrogen) atoms. The van der Waals surface area contributed by atoms with Crippen molar-refractivity contribution in [1.29, 1.82) is 0 Å². The first-order valence-electron chi connectivity index (χ1n) is 8.81. The average Bonchev–Trinajstić information content (AvgIpc) is 2.60. The number of halogens is 2. The maximum atomic E-state index is 12.4. The molecule has 0 aromatic heterocycles. The van der Waals surface area contributed by atoms with Crippen LogP contribution in [-0.2, 0) is 4.79 Å². The molecule has 2 saturated heterocycles. The van der Waals surface area contributed by atoms with Gasteiger partial charge in [0, 0.05) is 18.2 Å². The number of nitrogens with one attached hydrogen (secondary N) is 2. The van der Waals surface area contributed by atoms with E-state index in [0.717, 1.165) is 44.9 Å². The van der Waals surface area contributed by atoms with E-state index in [-0.39, 0.29) is 11.8 Å². The molecule has 0 unspecified atom stereocenters.